The van der Waals surface area contributed by atoms with Gasteiger partial charge in [0.25, 0.3) is 5.91 Å². The van der Waals surface area contributed by atoms with Crippen LogP contribution >= 0.6 is 0 Å². The lowest BCUT2D eigenvalue weighted by Gasteiger charge is -2.18. The van der Waals surface area contributed by atoms with E-state index < -0.39 is 18.0 Å². The molecule has 1 amide bonds. The molecule has 1 aromatic carbocycles. The first-order valence-corrected chi connectivity index (χ1v) is 8.22. The summed E-state index contributed by atoms with van der Waals surface area (Å²) in [6, 6.07) is 10.4. The lowest BCUT2D eigenvalue weighted by atomic mass is 10.1. The number of hydrogen-bond donors (Lipinski definition) is 1. The summed E-state index contributed by atoms with van der Waals surface area (Å²) >= 11 is 0. The number of hydrogen-bond acceptors (Lipinski definition) is 6. The van der Waals surface area contributed by atoms with E-state index in [9.17, 15) is 9.59 Å². The molecule has 7 heteroatoms. The summed E-state index contributed by atoms with van der Waals surface area (Å²) in [5, 5.41) is 6.33. The van der Waals surface area contributed by atoms with Crippen LogP contribution in [0, 0.1) is 6.92 Å². The zero-order chi connectivity index (χ0) is 17.6. The molecule has 0 radical (unpaired) electrons. The zero-order valence-corrected chi connectivity index (χ0v) is 13.9. The fourth-order valence-corrected chi connectivity index (χ4v) is 2.69. The molecule has 1 aliphatic rings. The predicted octanol–water partition coefficient (Wildman–Crippen LogP) is 2.78. The van der Waals surface area contributed by atoms with Crippen molar-refractivity contribution in [1.82, 2.24) is 5.16 Å². The van der Waals surface area contributed by atoms with E-state index in [1.54, 1.807) is 37.3 Å². The molecular weight excluding hydrogens is 324 g/mol. The van der Waals surface area contributed by atoms with Gasteiger partial charge in [0.05, 0.1) is 12.5 Å². The number of aromatic nitrogens is 1. The van der Waals surface area contributed by atoms with Crippen molar-refractivity contribution in [1.29, 1.82) is 0 Å². The average Bonchev–Trinajstić information content (AvgIpc) is 3.25. The molecular formula is C18H20N2O5. The van der Waals surface area contributed by atoms with Crippen LogP contribution in [0.2, 0.25) is 0 Å². The monoisotopic (exact) mass is 344 g/mol. The summed E-state index contributed by atoms with van der Waals surface area (Å²) in [4.78, 5) is 24.8. The Labute approximate surface area is 145 Å². The smallest absolute Gasteiger partial charge is 0.309 e. The molecule has 3 rings (SSSR count). The number of aryl methyl sites for hydroxylation is 1. The fourth-order valence-electron chi connectivity index (χ4n) is 2.69. The van der Waals surface area contributed by atoms with Crippen molar-refractivity contribution in [3.05, 3.63) is 47.7 Å². The van der Waals surface area contributed by atoms with Gasteiger partial charge in [0.1, 0.15) is 5.76 Å². The molecule has 2 atom stereocenters. The molecule has 1 aromatic heterocycles. The lowest BCUT2D eigenvalue weighted by molar-refractivity contribution is -0.156. The number of esters is 1. The van der Waals surface area contributed by atoms with Gasteiger partial charge >= 0.3 is 5.97 Å². The van der Waals surface area contributed by atoms with Gasteiger partial charge in [0.15, 0.2) is 5.82 Å². The molecule has 0 aliphatic carbocycles. The van der Waals surface area contributed by atoms with E-state index in [4.69, 9.17) is 14.0 Å². The van der Waals surface area contributed by atoms with Gasteiger partial charge in [-0.15, -0.1) is 0 Å². The molecule has 2 heterocycles. The highest BCUT2D eigenvalue weighted by Crippen LogP contribution is 2.23. The maximum Gasteiger partial charge on any atom is 0.309 e. The predicted molar refractivity (Wildman–Crippen MR) is 88.7 cm³/mol. The number of benzene rings is 1. The standard InChI is InChI=1S/C18H20N2O5/c1-12-10-15(20-25-12)19-18(22)17(13-6-3-2-4-7-13)24-16(21)11-14-8-5-9-23-14/h2-4,6-7,10,14,17H,5,8-9,11H2,1H3,(H,19,20,22). The van der Waals surface area contributed by atoms with Crippen LogP contribution < -0.4 is 5.32 Å². The molecule has 25 heavy (non-hydrogen) atoms. The fraction of sp³-hybridized carbons (Fsp3) is 0.389. The number of nitrogens with one attached hydrogen (secondary N) is 1. The van der Waals surface area contributed by atoms with Crippen LogP contribution in [0.1, 0.15) is 36.7 Å². The Morgan fingerprint density at radius 2 is 2.16 bits per heavy atom. The van der Waals surface area contributed by atoms with Gasteiger partial charge in [-0.25, -0.2) is 0 Å². The Morgan fingerprint density at radius 1 is 1.36 bits per heavy atom. The highest BCUT2D eigenvalue weighted by Gasteiger charge is 2.28. The van der Waals surface area contributed by atoms with Gasteiger partial charge in [-0.1, -0.05) is 35.5 Å². The SMILES string of the molecule is Cc1cc(NC(=O)C(OC(=O)CC2CCCO2)c2ccccc2)no1. The van der Waals surface area contributed by atoms with Gasteiger partial charge in [-0.2, -0.15) is 0 Å². The van der Waals surface area contributed by atoms with Gasteiger partial charge in [0, 0.05) is 18.2 Å². The normalized spacial score (nSPS) is 17.9. The summed E-state index contributed by atoms with van der Waals surface area (Å²) in [5.74, 6) is -0.104. The van der Waals surface area contributed by atoms with Gasteiger partial charge in [-0.05, 0) is 19.8 Å². The molecule has 1 saturated heterocycles. The quantitative estimate of drug-likeness (QED) is 0.810. The summed E-state index contributed by atoms with van der Waals surface area (Å²) in [6.07, 6.45) is 0.707. The van der Waals surface area contributed by atoms with E-state index in [1.165, 1.54) is 0 Å². The first-order valence-electron chi connectivity index (χ1n) is 8.22. The van der Waals surface area contributed by atoms with Gasteiger partial charge in [0.2, 0.25) is 6.10 Å². The highest BCUT2D eigenvalue weighted by atomic mass is 16.6. The molecule has 1 N–H and O–H groups in total. The van der Waals surface area contributed by atoms with Crippen molar-refractivity contribution in [3.63, 3.8) is 0 Å². The maximum atomic E-state index is 12.6. The van der Waals surface area contributed by atoms with Crippen molar-refractivity contribution in [2.75, 3.05) is 11.9 Å². The zero-order valence-electron chi connectivity index (χ0n) is 13.9. The van der Waals surface area contributed by atoms with E-state index in [2.05, 4.69) is 10.5 Å². The van der Waals surface area contributed by atoms with E-state index >= 15 is 0 Å². The van der Waals surface area contributed by atoms with Crippen molar-refractivity contribution in [3.8, 4) is 0 Å². The Bertz CT molecular complexity index is 722. The minimum atomic E-state index is -1.06. The van der Waals surface area contributed by atoms with Crippen LogP contribution in [0.3, 0.4) is 0 Å². The summed E-state index contributed by atoms with van der Waals surface area (Å²) in [5.41, 5.74) is 0.584. The van der Waals surface area contributed by atoms with E-state index in [-0.39, 0.29) is 18.3 Å². The second-order valence-electron chi connectivity index (χ2n) is 5.93. The summed E-state index contributed by atoms with van der Waals surface area (Å²) in [6.45, 7) is 2.38. The van der Waals surface area contributed by atoms with Crippen LogP contribution in [0.25, 0.3) is 0 Å². The minimum absolute atomic E-state index is 0.134. The first-order chi connectivity index (χ1) is 12.1. The van der Waals surface area contributed by atoms with Crippen molar-refractivity contribution in [2.45, 2.75) is 38.4 Å². The Kier molecular flexibility index (Phi) is 5.45. The minimum Gasteiger partial charge on any atom is -0.447 e. The molecule has 2 aromatic rings. The third-order valence-corrected chi connectivity index (χ3v) is 3.89. The topological polar surface area (TPSA) is 90.7 Å². The maximum absolute atomic E-state index is 12.6. The molecule has 0 spiro atoms. The van der Waals surface area contributed by atoms with E-state index in [1.807, 2.05) is 6.07 Å². The highest BCUT2D eigenvalue weighted by molar-refractivity contribution is 5.95. The number of carbonyl (C=O) groups is 2. The number of carbonyl (C=O) groups excluding carboxylic acids is 2. The van der Waals surface area contributed by atoms with Crippen LogP contribution in [-0.4, -0.2) is 29.7 Å². The number of rotatable bonds is 6. The molecule has 0 saturated carbocycles. The second kappa shape index (κ2) is 7.94. The average molecular weight is 344 g/mol. The summed E-state index contributed by atoms with van der Waals surface area (Å²) < 4.78 is 15.8. The molecule has 2 unspecified atom stereocenters. The summed E-state index contributed by atoms with van der Waals surface area (Å²) in [7, 11) is 0. The molecule has 7 nitrogen and oxygen atoms in total. The van der Waals surface area contributed by atoms with Crippen LogP contribution in [0.15, 0.2) is 40.9 Å². The molecule has 0 bridgehead atoms. The molecule has 1 aliphatic heterocycles. The van der Waals surface area contributed by atoms with Crippen LogP contribution in [0.5, 0.6) is 0 Å². The van der Waals surface area contributed by atoms with Crippen molar-refractivity contribution < 1.29 is 23.6 Å². The Hall–Kier alpha value is -2.67. The van der Waals surface area contributed by atoms with Crippen LogP contribution in [-0.2, 0) is 19.1 Å². The van der Waals surface area contributed by atoms with Crippen LogP contribution in [0.4, 0.5) is 5.82 Å². The van der Waals surface area contributed by atoms with E-state index in [0.29, 0.717) is 17.9 Å². The number of amides is 1. The third kappa shape index (κ3) is 4.67. The van der Waals surface area contributed by atoms with Gasteiger partial charge < -0.3 is 19.3 Å². The Balaban J connectivity index is 1.70. The largest absolute Gasteiger partial charge is 0.447 e. The molecule has 132 valence electrons. The second-order valence-corrected chi connectivity index (χ2v) is 5.93. The lowest BCUT2D eigenvalue weighted by Crippen LogP contribution is -2.27. The van der Waals surface area contributed by atoms with Gasteiger partial charge in [-0.3, -0.25) is 9.59 Å². The Morgan fingerprint density at radius 3 is 2.80 bits per heavy atom. The number of nitrogens with zero attached hydrogens (tertiary/aromatic N) is 1. The van der Waals surface area contributed by atoms with Crippen molar-refractivity contribution in [2.24, 2.45) is 0 Å². The number of anilines is 1. The van der Waals surface area contributed by atoms with E-state index in [0.717, 1.165) is 12.8 Å². The van der Waals surface area contributed by atoms with Crippen molar-refractivity contribution >= 4 is 17.7 Å². The third-order valence-electron chi connectivity index (χ3n) is 3.89. The molecule has 1 fully saturated rings. The number of ether oxygens (including phenoxy) is 2. The first kappa shape index (κ1) is 17.2.